The molecule has 0 atom stereocenters. The van der Waals surface area contributed by atoms with Gasteiger partial charge in [-0.1, -0.05) is 140 Å². The second-order valence-electron chi connectivity index (χ2n) is 15.9. The number of halogens is 1. The van der Waals surface area contributed by atoms with Crippen molar-refractivity contribution in [2.24, 2.45) is 0 Å². The fourth-order valence-electron chi connectivity index (χ4n) is 9.33. The summed E-state index contributed by atoms with van der Waals surface area (Å²) in [6, 6.07) is 72.5. The van der Waals surface area contributed by atoms with Crippen molar-refractivity contribution in [2.45, 2.75) is 0 Å². The van der Waals surface area contributed by atoms with Crippen molar-refractivity contribution in [1.82, 2.24) is 4.57 Å². The molecule has 0 aliphatic carbocycles. The van der Waals surface area contributed by atoms with Crippen molar-refractivity contribution < 1.29 is 8.81 Å². The Balaban J connectivity index is 0.950. The summed E-state index contributed by atoms with van der Waals surface area (Å²) in [5.74, 6) is -0.319. The first kappa shape index (κ1) is 35.7. The molecule has 3 nitrogen and oxygen atoms in total. The highest BCUT2D eigenvalue weighted by molar-refractivity contribution is 6.24. The summed E-state index contributed by atoms with van der Waals surface area (Å²) in [5.41, 5.74) is 12.8. The van der Waals surface area contributed by atoms with Crippen LogP contribution in [0.1, 0.15) is 11.1 Å². The summed E-state index contributed by atoms with van der Waals surface area (Å²) in [5, 5.41) is 7.08. The number of benzene rings is 10. The average Bonchev–Trinajstić information content (AvgIpc) is 3.87. The van der Waals surface area contributed by atoms with Crippen molar-refractivity contribution >= 4 is 83.7 Å². The van der Waals surface area contributed by atoms with Crippen molar-refractivity contribution in [3.8, 4) is 27.9 Å². The second-order valence-corrected chi connectivity index (χ2v) is 15.9. The second kappa shape index (κ2) is 14.5. The smallest absolute Gasteiger partial charge is 0.148 e. The van der Waals surface area contributed by atoms with Gasteiger partial charge in [-0.15, -0.1) is 0 Å². The molecular weight excluding hydrogens is 760 g/mol. The lowest BCUT2D eigenvalue weighted by Crippen LogP contribution is -2.13. The van der Waals surface area contributed by atoms with Gasteiger partial charge in [0.2, 0.25) is 0 Å². The molecule has 4 heteroatoms. The molecular formula is C58H37FN2O. The normalized spacial score (nSPS) is 11.9. The highest BCUT2D eigenvalue weighted by Gasteiger charge is 2.24. The number of furan rings is 1. The van der Waals surface area contributed by atoms with Crippen LogP contribution in [0.25, 0.3) is 94.6 Å². The van der Waals surface area contributed by atoms with Gasteiger partial charge in [0.05, 0.1) is 22.4 Å². The lowest BCUT2D eigenvalue weighted by atomic mass is 9.95. The maximum Gasteiger partial charge on any atom is 0.148 e. The number of rotatable bonds is 8. The van der Waals surface area contributed by atoms with E-state index in [4.69, 9.17) is 4.42 Å². The van der Waals surface area contributed by atoms with Gasteiger partial charge in [-0.2, -0.15) is 0 Å². The standard InChI is InChI=1S/C58H37FN2O/c59-51-36-44(40-14-5-1-6-15-40)35-50(41-16-7-2-8-17-41)58(51)60(45-19-9-3-10-20-45)47-29-31-49-48-30-26-38(34-54(48)62-55(49)37-47)24-25-39-32-43-28-27-42-18-13-23-52-56(42)57(43)53(33-39)61(52)46-21-11-4-12-22-46/h1-37H. The van der Waals surface area contributed by atoms with Crippen LogP contribution in [0.3, 0.4) is 0 Å². The Bertz CT molecular complexity index is 3630. The summed E-state index contributed by atoms with van der Waals surface area (Å²) < 4.78 is 26.1. The molecule has 2 heterocycles. The van der Waals surface area contributed by atoms with E-state index in [0.29, 0.717) is 5.69 Å². The monoisotopic (exact) mass is 796 g/mol. The molecule has 0 aliphatic rings. The van der Waals surface area contributed by atoms with Gasteiger partial charge < -0.3 is 13.9 Å². The molecule has 0 unspecified atom stereocenters. The lowest BCUT2D eigenvalue weighted by molar-refractivity contribution is 0.629. The molecule has 0 saturated heterocycles. The zero-order chi connectivity index (χ0) is 41.1. The Kier molecular flexibility index (Phi) is 8.36. The number of aromatic nitrogens is 1. The summed E-state index contributed by atoms with van der Waals surface area (Å²) in [6.45, 7) is 0. The summed E-state index contributed by atoms with van der Waals surface area (Å²) in [7, 11) is 0. The highest BCUT2D eigenvalue weighted by atomic mass is 19.1. The number of hydrogen-bond acceptors (Lipinski definition) is 2. The summed E-state index contributed by atoms with van der Waals surface area (Å²) >= 11 is 0. The van der Waals surface area contributed by atoms with Crippen LogP contribution in [0, 0.1) is 5.82 Å². The van der Waals surface area contributed by atoms with Gasteiger partial charge in [-0.05, 0) is 117 Å². The third kappa shape index (κ3) is 5.95. The Hall–Kier alpha value is -8.21. The predicted molar refractivity (Wildman–Crippen MR) is 258 cm³/mol. The molecule has 0 N–H and O–H groups in total. The highest BCUT2D eigenvalue weighted by Crippen LogP contribution is 2.46. The Morgan fingerprint density at radius 2 is 1.08 bits per heavy atom. The van der Waals surface area contributed by atoms with Crippen LogP contribution in [0.2, 0.25) is 0 Å². The number of nitrogens with zero attached hydrogens (tertiary/aromatic N) is 2. The molecule has 0 amide bonds. The predicted octanol–water partition coefficient (Wildman–Crippen LogP) is 16.4. The zero-order valence-electron chi connectivity index (χ0n) is 33.5. The Morgan fingerprint density at radius 3 is 1.85 bits per heavy atom. The van der Waals surface area contributed by atoms with Crippen LogP contribution < -0.4 is 4.90 Å². The first-order valence-electron chi connectivity index (χ1n) is 20.9. The molecule has 0 spiro atoms. The van der Waals surface area contributed by atoms with E-state index in [0.717, 1.165) is 72.4 Å². The molecule has 0 fully saturated rings. The average molecular weight is 797 g/mol. The molecule has 0 bridgehead atoms. The van der Waals surface area contributed by atoms with Gasteiger partial charge in [0.25, 0.3) is 0 Å². The number of anilines is 3. The van der Waals surface area contributed by atoms with E-state index in [9.17, 15) is 0 Å². The van der Waals surface area contributed by atoms with E-state index in [1.807, 2.05) is 102 Å². The molecule has 0 radical (unpaired) electrons. The fraction of sp³-hybridized carbons (Fsp3) is 0. The minimum atomic E-state index is -0.319. The van der Waals surface area contributed by atoms with Crippen LogP contribution in [0.4, 0.5) is 21.5 Å². The molecule has 2 aromatic heterocycles. The van der Waals surface area contributed by atoms with Crippen molar-refractivity contribution in [3.05, 3.63) is 229 Å². The van der Waals surface area contributed by atoms with Gasteiger partial charge in [0.1, 0.15) is 17.0 Å². The Morgan fingerprint density at radius 1 is 0.435 bits per heavy atom. The molecule has 10 aromatic carbocycles. The molecule has 12 rings (SSSR count). The molecule has 0 saturated carbocycles. The minimum absolute atomic E-state index is 0.319. The van der Waals surface area contributed by atoms with Gasteiger partial charge in [-0.3, -0.25) is 0 Å². The Labute approximate surface area is 357 Å². The number of fused-ring (bicyclic) bond motifs is 3. The van der Waals surface area contributed by atoms with Crippen LogP contribution in [-0.4, -0.2) is 4.57 Å². The van der Waals surface area contributed by atoms with Crippen molar-refractivity contribution in [3.63, 3.8) is 0 Å². The maximum atomic E-state index is 17.0. The maximum absolute atomic E-state index is 17.0. The van der Waals surface area contributed by atoms with Gasteiger partial charge in [0.15, 0.2) is 0 Å². The SMILES string of the molecule is Fc1cc(-c2ccccc2)cc(-c2ccccc2)c1N(c1ccccc1)c1ccc2c(c1)oc1cc(C=Cc3cc4ccc5cccc6c5c4c(c3)n6-c3ccccc3)ccc12. The van der Waals surface area contributed by atoms with Gasteiger partial charge in [-0.25, -0.2) is 4.39 Å². The molecule has 292 valence electrons. The van der Waals surface area contributed by atoms with E-state index in [1.165, 1.54) is 32.6 Å². The number of para-hydroxylation sites is 2. The lowest BCUT2D eigenvalue weighted by Gasteiger charge is -2.28. The number of hydrogen-bond donors (Lipinski definition) is 0. The van der Waals surface area contributed by atoms with Gasteiger partial charge in [0, 0.05) is 44.5 Å². The minimum Gasteiger partial charge on any atom is -0.456 e. The summed E-state index contributed by atoms with van der Waals surface area (Å²) in [6.07, 6.45) is 4.34. The van der Waals surface area contributed by atoms with Crippen LogP contribution in [0.15, 0.2) is 217 Å². The third-order valence-corrected chi connectivity index (χ3v) is 12.1. The van der Waals surface area contributed by atoms with E-state index in [1.54, 1.807) is 6.07 Å². The fourth-order valence-corrected chi connectivity index (χ4v) is 9.33. The third-order valence-electron chi connectivity index (χ3n) is 12.1. The largest absolute Gasteiger partial charge is 0.456 e. The molecule has 62 heavy (non-hydrogen) atoms. The van der Waals surface area contributed by atoms with Crippen LogP contribution in [0.5, 0.6) is 0 Å². The first-order chi connectivity index (χ1) is 30.6. The molecule has 0 aliphatic heterocycles. The van der Waals surface area contributed by atoms with Crippen LogP contribution >= 0.6 is 0 Å². The van der Waals surface area contributed by atoms with E-state index in [2.05, 4.69) is 126 Å². The van der Waals surface area contributed by atoms with E-state index < -0.39 is 0 Å². The topological polar surface area (TPSA) is 21.3 Å². The molecule has 12 aromatic rings. The first-order valence-corrected chi connectivity index (χ1v) is 20.9. The van der Waals surface area contributed by atoms with Gasteiger partial charge >= 0.3 is 0 Å². The van der Waals surface area contributed by atoms with Crippen molar-refractivity contribution in [1.29, 1.82) is 0 Å². The van der Waals surface area contributed by atoms with E-state index in [-0.39, 0.29) is 5.82 Å². The van der Waals surface area contributed by atoms with Crippen LogP contribution in [-0.2, 0) is 0 Å². The summed E-state index contributed by atoms with van der Waals surface area (Å²) in [4.78, 5) is 2.00. The van der Waals surface area contributed by atoms with Crippen molar-refractivity contribution in [2.75, 3.05) is 4.90 Å². The van der Waals surface area contributed by atoms with E-state index >= 15 is 4.39 Å². The zero-order valence-corrected chi connectivity index (χ0v) is 33.5. The quantitative estimate of drug-likeness (QED) is 0.113.